The predicted octanol–water partition coefficient (Wildman–Crippen LogP) is 2.43. The Morgan fingerprint density at radius 1 is 1.31 bits per heavy atom. The first kappa shape index (κ1) is 21.0. The van der Waals surface area contributed by atoms with Gasteiger partial charge in [0.15, 0.2) is 11.5 Å². The summed E-state index contributed by atoms with van der Waals surface area (Å²) in [5, 5.41) is 38.3. The predicted molar refractivity (Wildman–Crippen MR) is 118 cm³/mol. The SMILES string of the molecule is Cc1ncc([N+](=O)[O-])n1CCn1cc(Cn2c(O)c(N=NC(N)=S)c3ccccc32)nn1. The minimum Gasteiger partial charge on any atom is -0.493 e. The number of rotatable bonds is 7. The number of imidazole rings is 1. The number of azo groups is 1. The average Bonchev–Trinajstić information content (AvgIpc) is 3.43. The second-order valence-electron chi connectivity index (χ2n) is 6.86. The zero-order chi connectivity index (χ0) is 22.8. The van der Waals surface area contributed by atoms with E-state index in [1.807, 2.05) is 18.2 Å². The molecule has 32 heavy (non-hydrogen) atoms. The van der Waals surface area contributed by atoms with E-state index in [9.17, 15) is 15.2 Å². The van der Waals surface area contributed by atoms with Gasteiger partial charge in [0.25, 0.3) is 0 Å². The summed E-state index contributed by atoms with van der Waals surface area (Å²) in [6.07, 6.45) is 2.94. The third-order valence-corrected chi connectivity index (χ3v) is 4.93. The lowest BCUT2D eigenvalue weighted by Crippen LogP contribution is -2.11. The fourth-order valence-electron chi connectivity index (χ4n) is 3.39. The Bertz CT molecular complexity index is 1350. The summed E-state index contributed by atoms with van der Waals surface area (Å²) >= 11 is 4.72. The summed E-state index contributed by atoms with van der Waals surface area (Å²) in [7, 11) is 0. The van der Waals surface area contributed by atoms with Crippen LogP contribution in [0.4, 0.5) is 11.5 Å². The van der Waals surface area contributed by atoms with Crippen molar-refractivity contribution in [1.29, 1.82) is 0 Å². The zero-order valence-electron chi connectivity index (χ0n) is 16.9. The summed E-state index contributed by atoms with van der Waals surface area (Å²) in [6.45, 7) is 2.59. The van der Waals surface area contributed by atoms with Crippen molar-refractivity contribution in [3.63, 3.8) is 0 Å². The highest BCUT2D eigenvalue weighted by atomic mass is 32.1. The molecule has 0 amide bonds. The topological polar surface area (TPSA) is 168 Å². The van der Waals surface area contributed by atoms with Crippen LogP contribution in [0.3, 0.4) is 0 Å². The van der Waals surface area contributed by atoms with Gasteiger partial charge in [-0.1, -0.05) is 23.4 Å². The number of hydrogen-bond acceptors (Lipinski definition) is 8. The highest BCUT2D eigenvalue weighted by molar-refractivity contribution is 7.80. The number of aromatic hydroxyl groups is 1. The van der Waals surface area contributed by atoms with Crippen molar-refractivity contribution in [3.8, 4) is 5.88 Å². The number of nitrogens with zero attached hydrogens (tertiary/aromatic N) is 9. The first-order chi connectivity index (χ1) is 15.3. The molecule has 14 heteroatoms. The fraction of sp³-hybridized carbons (Fsp3) is 0.222. The van der Waals surface area contributed by atoms with E-state index in [0.717, 1.165) is 5.52 Å². The highest BCUT2D eigenvalue weighted by Crippen LogP contribution is 2.39. The molecule has 0 saturated heterocycles. The van der Waals surface area contributed by atoms with Gasteiger partial charge in [-0.3, -0.25) is 0 Å². The number of hydrogen-bond donors (Lipinski definition) is 2. The number of nitro groups is 1. The maximum atomic E-state index is 11.1. The monoisotopic (exact) mass is 454 g/mol. The van der Waals surface area contributed by atoms with Crippen molar-refractivity contribution in [1.82, 2.24) is 29.1 Å². The molecule has 4 rings (SSSR count). The Balaban J connectivity index is 1.57. The van der Waals surface area contributed by atoms with Gasteiger partial charge in [0, 0.05) is 12.3 Å². The Morgan fingerprint density at radius 2 is 2.09 bits per heavy atom. The van der Waals surface area contributed by atoms with Crippen LogP contribution in [-0.4, -0.2) is 44.3 Å². The second-order valence-corrected chi connectivity index (χ2v) is 7.28. The van der Waals surface area contributed by atoms with Crippen LogP contribution in [-0.2, 0) is 19.6 Å². The van der Waals surface area contributed by atoms with E-state index in [1.54, 1.807) is 28.4 Å². The molecule has 0 aliphatic rings. The number of thiocarbonyl (C=S) groups is 1. The number of aromatic nitrogens is 6. The van der Waals surface area contributed by atoms with Crippen LogP contribution >= 0.6 is 12.2 Å². The molecule has 0 aliphatic heterocycles. The summed E-state index contributed by atoms with van der Waals surface area (Å²) < 4.78 is 4.71. The summed E-state index contributed by atoms with van der Waals surface area (Å²) in [5.41, 5.74) is 6.94. The van der Waals surface area contributed by atoms with E-state index in [0.29, 0.717) is 30.0 Å². The lowest BCUT2D eigenvalue weighted by molar-refractivity contribution is -0.392. The highest BCUT2D eigenvalue weighted by Gasteiger charge is 2.19. The van der Waals surface area contributed by atoms with Crippen molar-refractivity contribution >= 4 is 39.7 Å². The van der Waals surface area contributed by atoms with Crippen molar-refractivity contribution in [2.45, 2.75) is 26.6 Å². The number of fused-ring (bicyclic) bond motifs is 1. The van der Waals surface area contributed by atoms with Crippen LogP contribution in [0.2, 0.25) is 0 Å². The van der Waals surface area contributed by atoms with Gasteiger partial charge in [-0.2, -0.15) is 0 Å². The quantitative estimate of drug-likeness (QED) is 0.186. The lowest BCUT2D eigenvalue weighted by atomic mass is 10.2. The molecule has 0 unspecified atom stereocenters. The molecule has 0 bridgehead atoms. The van der Waals surface area contributed by atoms with Crippen LogP contribution in [0.15, 0.2) is 46.9 Å². The summed E-state index contributed by atoms with van der Waals surface area (Å²) in [5.74, 6) is 0.357. The normalized spacial score (nSPS) is 11.5. The Labute approximate surface area is 185 Å². The van der Waals surface area contributed by atoms with E-state index in [2.05, 4.69) is 25.5 Å². The smallest absolute Gasteiger partial charge is 0.342 e. The molecule has 0 atom stereocenters. The van der Waals surface area contributed by atoms with Gasteiger partial charge in [0.05, 0.1) is 24.8 Å². The maximum absolute atomic E-state index is 11.1. The molecule has 3 aromatic heterocycles. The molecule has 0 spiro atoms. The third-order valence-electron chi connectivity index (χ3n) is 4.85. The molecule has 4 aromatic rings. The molecule has 0 saturated carbocycles. The Kier molecular flexibility index (Phi) is 5.59. The number of para-hydroxylation sites is 1. The first-order valence-corrected chi connectivity index (χ1v) is 9.83. The van der Waals surface area contributed by atoms with Crippen LogP contribution < -0.4 is 5.73 Å². The molecular formula is C18H18N10O3S. The minimum absolute atomic E-state index is 0.0785. The first-order valence-electron chi connectivity index (χ1n) is 9.42. The van der Waals surface area contributed by atoms with Gasteiger partial charge in [-0.25, -0.2) is 14.2 Å². The lowest BCUT2D eigenvalue weighted by Gasteiger charge is -2.04. The standard InChI is InChI=1S/C18H18N10O3S/c1-11-20-8-15(28(30)31)26(11)7-6-25-9-12(21-24-25)10-27-14-5-3-2-4-13(14)16(17(27)29)22-23-18(19)32/h2-5,8-9,29H,6-7,10H2,1H3,(H2,19,32). The average molecular weight is 454 g/mol. The summed E-state index contributed by atoms with van der Waals surface area (Å²) in [4.78, 5) is 14.7. The molecule has 3 N–H and O–H groups in total. The van der Waals surface area contributed by atoms with E-state index in [-0.39, 0.29) is 29.0 Å². The van der Waals surface area contributed by atoms with Gasteiger partial charge >= 0.3 is 5.82 Å². The van der Waals surface area contributed by atoms with E-state index in [1.165, 1.54) is 10.8 Å². The van der Waals surface area contributed by atoms with Crippen molar-refractivity contribution in [2.24, 2.45) is 16.0 Å². The van der Waals surface area contributed by atoms with Gasteiger partial charge in [0.1, 0.15) is 18.4 Å². The van der Waals surface area contributed by atoms with Gasteiger partial charge in [-0.15, -0.1) is 15.3 Å². The minimum atomic E-state index is -0.473. The Hall–Kier alpha value is -4.20. The van der Waals surface area contributed by atoms with Gasteiger partial charge in [-0.05, 0) is 23.2 Å². The molecule has 164 valence electrons. The molecular weight excluding hydrogens is 436 g/mol. The van der Waals surface area contributed by atoms with Crippen LogP contribution in [0.1, 0.15) is 11.5 Å². The largest absolute Gasteiger partial charge is 0.493 e. The molecule has 3 heterocycles. The number of aryl methyl sites for hydroxylation is 2. The van der Waals surface area contributed by atoms with E-state index >= 15 is 0 Å². The maximum Gasteiger partial charge on any atom is 0.342 e. The fourth-order valence-corrected chi connectivity index (χ4v) is 3.43. The third kappa shape index (κ3) is 4.02. The Morgan fingerprint density at radius 3 is 2.84 bits per heavy atom. The molecule has 1 aromatic carbocycles. The molecule has 0 aliphatic carbocycles. The zero-order valence-corrected chi connectivity index (χ0v) is 17.7. The number of nitrogens with two attached hydrogens (primary N) is 1. The second kappa shape index (κ2) is 8.50. The van der Waals surface area contributed by atoms with E-state index in [4.69, 9.17) is 18.0 Å². The van der Waals surface area contributed by atoms with Gasteiger partial charge < -0.3 is 25.5 Å². The molecule has 0 fully saturated rings. The van der Waals surface area contributed by atoms with Crippen LogP contribution in [0.5, 0.6) is 5.88 Å². The van der Waals surface area contributed by atoms with Crippen LogP contribution in [0.25, 0.3) is 10.9 Å². The molecule has 0 radical (unpaired) electrons. The van der Waals surface area contributed by atoms with Crippen molar-refractivity contribution < 1.29 is 10.0 Å². The van der Waals surface area contributed by atoms with E-state index < -0.39 is 4.92 Å². The van der Waals surface area contributed by atoms with Gasteiger partial charge in [0.2, 0.25) is 11.0 Å². The summed E-state index contributed by atoms with van der Waals surface area (Å²) in [6, 6.07) is 7.29. The van der Waals surface area contributed by atoms with Crippen molar-refractivity contribution in [2.75, 3.05) is 0 Å². The number of benzene rings is 1. The molecule has 13 nitrogen and oxygen atoms in total. The van der Waals surface area contributed by atoms with Crippen LogP contribution in [0, 0.1) is 17.0 Å². The van der Waals surface area contributed by atoms with Crippen molar-refractivity contribution in [3.05, 3.63) is 58.3 Å².